The van der Waals surface area contributed by atoms with E-state index in [1.54, 1.807) is 11.8 Å². The number of ether oxygens (including phenoxy) is 1. The smallest absolute Gasteiger partial charge is 0.328 e. The van der Waals surface area contributed by atoms with E-state index in [9.17, 15) is 14.4 Å². The number of hydrogen-bond acceptors (Lipinski definition) is 6. The average molecular weight is 849 g/mol. The van der Waals surface area contributed by atoms with E-state index in [1.165, 1.54) is 22.3 Å². The summed E-state index contributed by atoms with van der Waals surface area (Å²) in [6, 6.07) is 15.1. The van der Waals surface area contributed by atoms with Crippen LogP contribution in [0.5, 0.6) is 0 Å². The third-order valence-corrected chi connectivity index (χ3v) is 14.9. The Kier molecular flexibility index (Phi) is 8.55. The molecule has 0 fully saturated rings. The second-order valence-electron chi connectivity index (χ2n) is 18.6. The number of halogens is 1. The number of carbonyl (C=O) groups excluding carboxylic acids is 3. The van der Waals surface area contributed by atoms with Crippen LogP contribution < -0.4 is 9.80 Å². The number of esters is 1. The first-order valence-corrected chi connectivity index (χ1v) is 22.2. The fourth-order valence-electron chi connectivity index (χ4n) is 10.9. The lowest BCUT2D eigenvalue weighted by molar-refractivity contribution is -0.147. The molecule has 12 nitrogen and oxygen atoms in total. The Morgan fingerprint density at radius 2 is 1.35 bits per heavy atom. The fraction of sp³-hybridized carbons (Fsp3) is 0.367. The molecule has 3 aromatic carbocycles. The molecule has 2 aliphatic carbocycles. The van der Waals surface area contributed by atoms with Gasteiger partial charge in [-0.15, -0.1) is 0 Å². The second-order valence-corrected chi connectivity index (χ2v) is 19.0. The van der Waals surface area contributed by atoms with E-state index in [1.807, 2.05) is 49.9 Å². The van der Waals surface area contributed by atoms with Crippen molar-refractivity contribution in [2.24, 2.45) is 0 Å². The zero-order chi connectivity index (χ0) is 43.0. The highest BCUT2D eigenvalue weighted by molar-refractivity contribution is 6.31. The SMILES string of the molecule is Cc1[nH]nc2c1CCCc1c-2[nH]c2cc3c(cc12)N(Cc1ccccc1Cl)C(=O)C3(C)CCOC(=O)C(C)N1C(=O)C(C)(C)c2cc3[nH]c4c(c3cc21)CCCc1c-4n[nH]c1C. The summed E-state index contributed by atoms with van der Waals surface area (Å²) < 4.78 is 6.08. The maximum Gasteiger partial charge on any atom is 0.328 e. The van der Waals surface area contributed by atoms with Crippen molar-refractivity contribution in [3.8, 4) is 22.8 Å². The minimum absolute atomic E-state index is 0.0198. The summed E-state index contributed by atoms with van der Waals surface area (Å²) in [5.74, 6) is -0.770. The van der Waals surface area contributed by atoms with Gasteiger partial charge in [0.25, 0.3) is 0 Å². The highest BCUT2D eigenvalue weighted by Gasteiger charge is 2.50. The van der Waals surface area contributed by atoms with Gasteiger partial charge in [-0.05, 0) is 145 Å². The van der Waals surface area contributed by atoms with Crippen molar-refractivity contribution in [3.05, 3.63) is 104 Å². The topological polar surface area (TPSA) is 156 Å². The highest BCUT2D eigenvalue weighted by Crippen LogP contribution is 2.50. The predicted molar refractivity (Wildman–Crippen MR) is 241 cm³/mol. The van der Waals surface area contributed by atoms with E-state index in [4.69, 9.17) is 21.4 Å². The minimum Gasteiger partial charge on any atom is -0.464 e. The number of amides is 2. The lowest BCUT2D eigenvalue weighted by Crippen LogP contribution is -2.46. The molecule has 0 saturated heterocycles. The Morgan fingerprint density at radius 1 is 0.790 bits per heavy atom. The molecular formula is C49H49ClN8O4. The summed E-state index contributed by atoms with van der Waals surface area (Å²) in [7, 11) is 0. The molecule has 4 N–H and O–H groups in total. The molecule has 7 aromatic rings. The van der Waals surface area contributed by atoms with Crippen molar-refractivity contribution < 1.29 is 19.1 Å². The van der Waals surface area contributed by atoms with Crippen LogP contribution >= 0.6 is 11.6 Å². The van der Waals surface area contributed by atoms with E-state index in [-0.39, 0.29) is 24.8 Å². The van der Waals surface area contributed by atoms with E-state index < -0.39 is 22.8 Å². The molecule has 2 amide bonds. The third kappa shape index (κ3) is 5.47. The molecule has 0 spiro atoms. The van der Waals surface area contributed by atoms with E-state index in [0.717, 1.165) is 117 Å². The largest absolute Gasteiger partial charge is 0.464 e. The van der Waals surface area contributed by atoms with Crippen LogP contribution in [0.2, 0.25) is 5.02 Å². The second kappa shape index (κ2) is 13.7. The van der Waals surface area contributed by atoms with Crippen molar-refractivity contribution in [3.63, 3.8) is 0 Å². The normalized spacial score (nSPS) is 19.2. The number of aromatic nitrogens is 6. The molecule has 2 unspecified atom stereocenters. The molecule has 316 valence electrons. The minimum atomic E-state index is -1.02. The van der Waals surface area contributed by atoms with E-state index >= 15 is 0 Å². The molecule has 62 heavy (non-hydrogen) atoms. The van der Waals surface area contributed by atoms with Crippen molar-refractivity contribution in [1.82, 2.24) is 30.4 Å². The lowest BCUT2D eigenvalue weighted by atomic mass is 9.80. The number of anilines is 2. The van der Waals surface area contributed by atoms with Crippen LogP contribution in [0.25, 0.3) is 44.6 Å². The van der Waals surface area contributed by atoms with E-state index in [2.05, 4.69) is 63.4 Å². The summed E-state index contributed by atoms with van der Waals surface area (Å²) in [6.45, 7) is 11.9. The Bertz CT molecular complexity index is 3080. The van der Waals surface area contributed by atoms with Gasteiger partial charge < -0.3 is 19.6 Å². The van der Waals surface area contributed by atoms with Gasteiger partial charge >= 0.3 is 5.97 Å². The van der Waals surface area contributed by atoms with Crippen LogP contribution in [0, 0.1) is 13.8 Å². The summed E-state index contributed by atoms with van der Waals surface area (Å²) in [5, 5.41) is 18.4. The van der Waals surface area contributed by atoms with Crippen LogP contribution in [0.4, 0.5) is 11.4 Å². The van der Waals surface area contributed by atoms with Gasteiger partial charge in [-0.2, -0.15) is 10.2 Å². The molecule has 13 heteroatoms. The van der Waals surface area contributed by atoms with Crippen LogP contribution in [-0.2, 0) is 62.2 Å². The van der Waals surface area contributed by atoms with Crippen molar-refractivity contribution >= 4 is 62.6 Å². The Balaban J connectivity index is 0.901. The molecule has 0 bridgehead atoms. The Labute approximate surface area is 363 Å². The van der Waals surface area contributed by atoms with Gasteiger partial charge in [0.15, 0.2) is 0 Å². The quantitative estimate of drug-likeness (QED) is 0.117. The van der Waals surface area contributed by atoms with Crippen molar-refractivity contribution in [1.29, 1.82) is 0 Å². The summed E-state index contributed by atoms with van der Waals surface area (Å²) in [5.41, 5.74) is 15.0. The zero-order valence-corrected chi connectivity index (χ0v) is 36.6. The standard InChI is InChI=1S/C49H49ClN8O4/c1-24-28-12-9-14-30-32-19-39-35(22-38(32)52-41(30)43(28)55-53-24)49(6,47(61)57(39)23-27-11-7-8-16-36(27)50)17-18-62-45(59)26(3)58-40-20-33-31-15-10-13-29-25(2)54-56-44(29)42(31)51-37(33)21-34(40)48(4,5)46(58)60/h7-8,11,16,19-22,26,51-52H,9-10,12-15,17-18,23H2,1-6H3,(H,53,55)(H,54,56). The number of fused-ring (bicyclic) bond motifs is 12. The lowest BCUT2D eigenvalue weighted by Gasteiger charge is -2.27. The predicted octanol–water partition coefficient (Wildman–Crippen LogP) is 9.13. The first-order chi connectivity index (χ1) is 29.8. The fourth-order valence-corrected chi connectivity index (χ4v) is 11.1. The molecule has 0 radical (unpaired) electrons. The van der Waals surface area contributed by atoms with Gasteiger partial charge in [0.2, 0.25) is 11.8 Å². The Hall–Kier alpha value is -6.14. The maximum atomic E-state index is 14.8. The first kappa shape index (κ1) is 38.8. The van der Waals surface area contributed by atoms with Crippen LogP contribution in [0.3, 0.4) is 0 Å². The number of hydrogen-bond donors (Lipinski definition) is 4. The molecular weight excluding hydrogens is 800 g/mol. The number of carbonyl (C=O) groups is 3. The molecule has 6 heterocycles. The third-order valence-electron chi connectivity index (χ3n) is 14.5. The number of benzene rings is 3. The van der Waals surface area contributed by atoms with Crippen molar-refractivity contribution in [2.75, 3.05) is 16.4 Å². The number of aromatic amines is 4. The highest BCUT2D eigenvalue weighted by atomic mass is 35.5. The molecule has 0 saturated carbocycles. The number of nitrogens with one attached hydrogen (secondary N) is 4. The molecule has 2 aliphatic heterocycles. The summed E-state index contributed by atoms with van der Waals surface area (Å²) in [6.07, 6.45) is 5.86. The first-order valence-electron chi connectivity index (χ1n) is 21.8. The van der Waals surface area contributed by atoms with Crippen LogP contribution in [0.15, 0.2) is 48.5 Å². The van der Waals surface area contributed by atoms with Gasteiger partial charge in [0.05, 0.1) is 35.4 Å². The van der Waals surface area contributed by atoms with Gasteiger partial charge in [-0.3, -0.25) is 24.7 Å². The van der Waals surface area contributed by atoms with E-state index in [0.29, 0.717) is 17.3 Å². The zero-order valence-electron chi connectivity index (χ0n) is 35.9. The summed E-state index contributed by atoms with van der Waals surface area (Å²) >= 11 is 6.69. The molecule has 2 atom stereocenters. The van der Waals surface area contributed by atoms with Crippen LogP contribution in [-0.4, -0.2) is 60.8 Å². The number of nitrogens with zero attached hydrogens (tertiary/aromatic N) is 4. The maximum absolute atomic E-state index is 14.8. The van der Waals surface area contributed by atoms with Crippen LogP contribution in [0.1, 0.15) is 97.3 Å². The monoisotopic (exact) mass is 848 g/mol. The van der Waals surface area contributed by atoms with Gasteiger partial charge in [-0.1, -0.05) is 29.8 Å². The molecule has 4 aromatic heterocycles. The summed E-state index contributed by atoms with van der Waals surface area (Å²) in [4.78, 5) is 54.0. The number of rotatable bonds is 7. The average Bonchev–Trinajstić information content (AvgIpc) is 4.02. The Morgan fingerprint density at radius 3 is 1.97 bits per heavy atom. The van der Waals surface area contributed by atoms with Gasteiger partial charge in [0, 0.05) is 60.7 Å². The number of H-pyrrole nitrogens is 4. The molecule has 4 aliphatic rings. The van der Waals surface area contributed by atoms with Gasteiger partial charge in [0.1, 0.15) is 17.4 Å². The van der Waals surface area contributed by atoms with Crippen molar-refractivity contribution in [2.45, 2.75) is 110 Å². The van der Waals surface area contributed by atoms with Gasteiger partial charge in [-0.25, -0.2) is 4.79 Å². The molecule has 11 rings (SSSR count). The number of aryl methyl sites for hydroxylation is 4.